The zero-order valence-corrected chi connectivity index (χ0v) is 14.9. The first-order valence-electron chi connectivity index (χ1n) is 8.45. The molecule has 2 aliphatic heterocycles. The van der Waals surface area contributed by atoms with Crippen LogP contribution in [0.3, 0.4) is 0 Å². The molecule has 25 heavy (non-hydrogen) atoms. The number of carbonyl (C=O) groups is 2. The maximum absolute atomic E-state index is 12.9. The summed E-state index contributed by atoms with van der Waals surface area (Å²) in [5.41, 5.74) is 2.37. The number of hydrazine groups is 1. The summed E-state index contributed by atoms with van der Waals surface area (Å²) in [6.45, 7) is 3.17. The summed E-state index contributed by atoms with van der Waals surface area (Å²) >= 11 is 5.21. The van der Waals surface area contributed by atoms with Crippen LogP contribution in [-0.2, 0) is 15.1 Å². The van der Waals surface area contributed by atoms with Gasteiger partial charge in [0.1, 0.15) is 5.54 Å². The molecule has 2 heterocycles. The normalized spacial score (nSPS) is 25.8. The Balaban J connectivity index is 1.67. The number of thiocarbonyl (C=S) groups is 1. The summed E-state index contributed by atoms with van der Waals surface area (Å²) in [4.78, 5) is 25.3. The van der Waals surface area contributed by atoms with Crippen molar-refractivity contribution in [2.24, 2.45) is 0 Å². The second-order valence-electron chi connectivity index (χ2n) is 6.15. The van der Waals surface area contributed by atoms with Crippen molar-refractivity contribution in [3.8, 4) is 0 Å². The molecule has 134 valence electrons. The van der Waals surface area contributed by atoms with E-state index in [2.05, 4.69) is 16.1 Å². The molecule has 0 aliphatic carbocycles. The summed E-state index contributed by atoms with van der Waals surface area (Å²) in [6.07, 6.45) is 2.57. The van der Waals surface area contributed by atoms with Gasteiger partial charge in [0, 0.05) is 13.2 Å². The molecule has 3 N–H and O–H groups in total. The van der Waals surface area contributed by atoms with Crippen LogP contribution in [0.1, 0.15) is 31.7 Å². The molecule has 0 unspecified atom stereocenters. The number of imide groups is 1. The number of urea groups is 1. The van der Waals surface area contributed by atoms with Crippen LogP contribution < -0.4 is 16.1 Å². The van der Waals surface area contributed by atoms with Gasteiger partial charge in [-0.2, -0.15) is 5.01 Å². The van der Waals surface area contributed by atoms with E-state index in [0.29, 0.717) is 13.0 Å². The van der Waals surface area contributed by atoms with Crippen LogP contribution in [-0.4, -0.2) is 41.3 Å². The number of carbonyl (C=O) groups excluding carboxylic acids is 2. The van der Waals surface area contributed by atoms with Crippen molar-refractivity contribution < 1.29 is 14.3 Å². The van der Waals surface area contributed by atoms with Gasteiger partial charge in [-0.15, -0.1) is 0 Å². The van der Waals surface area contributed by atoms with Gasteiger partial charge in [-0.25, -0.2) is 4.79 Å². The summed E-state index contributed by atoms with van der Waals surface area (Å²) in [7, 11) is 0. The lowest BCUT2D eigenvalue weighted by molar-refractivity contribution is -0.133. The van der Waals surface area contributed by atoms with E-state index in [4.69, 9.17) is 17.0 Å². The van der Waals surface area contributed by atoms with Crippen molar-refractivity contribution in [3.63, 3.8) is 0 Å². The van der Waals surface area contributed by atoms with Crippen LogP contribution in [0, 0.1) is 0 Å². The van der Waals surface area contributed by atoms with Gasteiger partial charge in [0.25, 0.3) is 5.91 Å². The predicted octanol–water partition coefficient (Wildman–Crippen LogP) is 1.40. The Hall–Kier alpha value is -2.19. The number of rotatable bonds is 5. The highest BCUT2D eigenvalue weighted by molar-refractivity contribution is 7.80. The van der Waals surface area contributed by atoms with Gasteiger partial charge in [0.05, 0.1) is 6.10 Å². The molecule has 3 rings (SSSR count). The average Bonchev–Trinajstić information content (AvgIpc) is 3.23. The fourth-order valence-electron chi connectivity index (χ4n) is 3.19. The Labute approximate surface area is 152 Å². The molecule has 2 aliphatic rings. The number of nitrogens with zero attached hydrogens (tertiary/aromatic N) is 1. The first-order chi connectivity index (χ1) is 12.1. The van der Waals surface area contributed by atoms with Gasteiger partial charge >= 0.3 is 6.03 Å². The van der Waals surface area contributed by atoms with Crippen molar-refractivity contribution in [1.82, 2.24) is 21.1 Å². The highest BCUT2D eigenvalue weighted by Crippen LogP contribution is 2.31. The lowest BCUT2D eigenvalue weighted by atomic mass is 9.87. The number of hydrogen-bond donors (Lipinski definition) is 3. The van der Waals surface area contributed by atoms with Gasteiger partial charge in [-0.3, -0.25) is 10.2 Å². The number of benzene rings is 1. The van der Waals surface area contributed by atoms with Crippen LogP contribution >= 0.6 is 12.2 Å². The van der Waals surface area contributed by atoms with Gasteiger partial charge in [0.15, 0.2) is 5.11 Å². The molecule has 1 aromatic carbocycles. The molecule has 0 aromatic heterocycles. The standard InChI is InChI=1S/C17H22N4O3S/c1-2-17(12-7-4-3-5-8-12)14(22)21(16(23)19-17)20-15(25)18-11-13-9-6-10-24-13/h3-5,7-8,13H,2,6,9-11H2,1H3,(H,19,23)(H2,18,20,25)/t13-,17+/m1/s1. The predicted molar refractivity (Wildman–Crippen MR) is 96.5 cm³/mol. The third-order valence-corrected chi connectivity index (χ3v) is 4.85. The summed E-state index contributed by atoms with van der Waals surface area (Å²) in [5, 5.41) is 6.96. The second-order valence-corrected chi connectivity index (χ2v) is 6.56. The first kappa shape index (κ1) is 17.6. The van der Waals surface area contributed by atoms with Crippen molar-refractivity contribution in [3.05, 3.63) is 35.9 Å². The first-order valence-corrected chi connectivity index (χ1v) is 8.86. The van der Waals surface area contributed by atoms with E-state index in [1.54, 1.807) is 0 Å². The Morgan fingerprint density at radius 2 is 2.16 bits per heavy atom. The molecule has 2 saturated heterocycles. The molecular weight excluding hydrogens is 340 g/mol. The van der Waals surface area contributed by atoms with E-state index < -0.39 is 11.6 Å². The van der Waals surface area contributed by atoms with Gasteiger partial charge in [-0.05, 0) is 37.0 Å². The summed E-state index contributed by atoms with van der Waals surface area (Å²) in [5.74, 6) is -0.368. The van der Waals surface area contributed by atoms with Crippen molar-refractivity contribution in [2.45, 2.75) is 37.8 Å². The maximum atomic E-state index is 12.9. The minimum Gasteiger partial charge on any atom is -0.376 e. The van der Waals surface area contributed by atoms with Crippen LogP contribution in [0.15, 0.2) is 30.3 Å². The van der Waals surface area contributed by atoms with E-state index in [1.165, 1.54) is 0 Å². The number of amides is 3. The van der Waals surface area contributed by atoms with Crippen LogP contribution in [0.2, 0.25) is 0 Å². The van der Waals surface area contributed by atoms with Gasteiger partial charge in [0.2, 0.25) is 0 Å². The fraction of sp³-hybridized carbons (Fsp3) is 0.471. The molecule has 0 radical (unpaired) electrons. The molecule has 3 amide bonds. The summed E-state index contributed by atoms with van der Waals surface area (Å²) < 4.78 is 5.51. The summed E-state index contributed by atoms with van der Waals surface area (Å²) in [6, 6.07) is 8.70. The van der Waals surface area contributed by atoms with Crippen molar-refractivity contribution in [1.29, 1.82) is 0 Å². The van der Waals surface area contributed by atoms with Crippen LogP contribution in [0.5, 0.6) is 0 Å². The molecule has 2 atom stereocenters. The molecule has 0 saturated carbocycles. The van der Waals surface area contributed by atoms with Crippen LogP contribution in [0.4, 0.5) is 4.79 Å². The van der Waals surface area contributed by atoms with Crippen LogP contribution in [0.25, 0.3) is 0 Å². The average molecular weight is 362 g/mol. The number of hydrogen-bond acceptors (Lipinski definition) is 4. The number of ether oxygens (including phenoxy) is 1. The van der Waals surface area contributed by atoms with Gasteiger partial charge < -0.3 is 15.4 Å². The van der Waals surface area contributed by atoms with Crippen molar-refractivity contribution in [2.75, 3.05) is 13.2 Å². The molecular formula is C17H22N4O3S. The second kappa shape index (κ2) is 7.37. The quantitative estimate of drug-likeness (QED) is 0.543. The van der Waals surface area contributed by atoms with E-state index in [-0.39, 0.29) is 17.1 Å². The van der Waals surface area contributed by atoms with E-state index >= 15 is 0 Å². The Morgan fingerprint density at radius 1 is 1.40 bits per heavy atom. The minimum absolute atomic E-state index is 0.113. The molecule has 0 spiro atoms. The monoisotopic (exact) mass is 362 g/mol. The van der Waals surface area contributed by atoms with E-state index in [0.717, 1.165) is 30.0 Å². The molecule has 8 heteroatoms. The lowest BCUT2D eigenvalue weighted by Gasteiger charge is -2.26. The molecule has 1 aromatic rings. The fourth-order valence-corrected chi connectivity index (χ4v) is 3.37. The smallest absolute Gasteiger partial charge is 0.344 e. The SMILES string of the molecule is CC[C@@]1(c2ccccc2)NC(=O)N(NC(=S)NC[C@H]2CCCO2)C1=O. The van der Waals surface area contributed by atoms with Crippen molar-refractivity contribution >= 4 is 29.3 Å². The Bertz CT molecular complexity index is 663. The van der Waals surface area contributed by atoms with E-state index in [9.17, 15) is 9.59 Å². The van der Waals surface area contributed by atoms with E-state index in [1.807, 2.05) is 37.3 Å². The lowest BCUT2D eigenvalue weighted by Crippen LogP contribution is -2.52. The zero-order chi connectivity index (χ0) is 17.9. The third-order valence-electron chi connectivity index (χ3n) is 4.62. The van der Waals surface area contributed by atoms with Gasteiger partial charge in [-0.1, -0.05) is 37.3 Å². The molecule has 0 bridgehead atoms. The maximum Gasteiger partial charge on any atom is 0.344 e. The highest BCUT2D eigenvalue weighted by atomic mass is 32.1. The minimum atomic E-state index is -1.07. The molecule has 7 nitrogen and oxygen atoms in total. The highest BCUT2D eigenvalue weighted by Gasteiger charge is 2.51. The Kier molecular flexibility index (Phi) is 5.19. The largest absolute Gasteiger partial charge is 0.376 e. The Morgan fingerprint density at radius 3 is 2.80 bits per heavy atom. The third kappa shape index (κ3) is 3.45. The molecule has 2 fully saturated rings. The zero-order valence-electron chi connectivity index (χ0n) is 14.1. The topological polar surface area (TPSA) is 82.7 Å². The number of nitrogens with one attached hydrogen (secondary N) is 3.